The first-order valence-corrected chi connectivity index (χ1v) is 15.1. The fraction of sp³-hybridized carbons (Fsp3) is 0.360. The Balaban J connectivity index is 1.82. The average molecular weight is 494 g/mol. The van der Waals surface area contributed by atoms with E-state index in [2.05, 4.69) is 0 Å². The number of benzene rings is 1. The van der Waals surface area contributed by atoms with E-state index in [0.29, 0.717) is 34.6 Å². The van der Waals surface area contributed by atoms with Crippen LogP contribution in [-0.2, 0) is 31.2 Å². The van der Waals surface area contributed by atoms with Crippen LogP contribution in [0.15, 0.2) is 35.1 Å². The lowest BCUT2D eigenvalue weighted by Gasteiger charge is -2.42. The second-order valence-electron chi connectivity index (χ2n) is 10.1. The number of cyclic esters (lactones) is 1. The zero-order valence-electron chi connectivity index (χ0n) is 20.0. The van der Waals surface area contributed by atoms with E-state index in [1.54, 1.807) is 35.8 Å². The molecule has 0 spiro atoms. The summed E-state index contributed by atoms with van der Waals surface area (Å²) in [7, 11) is -2.23. The number of esters is 2. The van der Waals surface area contributed by atoms with Gasteiger partial charge in [0.05, 0.1) is 43.6 Å². The van der Waals surface area contributed by atoms with Crippen molar-refractivity contribution < 1.29 is 24.2 Å². The van der Waals surface area contributed by atoms with E-state index in [1.165, 1.54) is 0 Å². The lowest BCUT2D eigenvalue weighted by Crippen LogP contribution is -2.53. The molecule has 35 heavy (non-hydrogen) atoms. The lowest BCUT2D eigenvalue weighted by atomic mass is 9.85. The molecule has 0 saturated heterocycles. The van der Waals surface area contributed by atoms with E-state index in [4.69, 9.17) is 20.2 Å². The maximum Gasteiger partial charge on any atom is 0.355 e. The summed E-state index contributed by atoms with van der Waals surface area (Å²) in [5.41, 5.74) is 6.10. The molecule has 0 aliphatic carbocycles. The monoisotopic (exact) mass is 493 g/mol. The van der Waals surface area contributed by atoms with Crippen molar-refractivity contribution >= 4 is 30.9 Å². The molecule has 5 rings (SSSR count). The Morgan fingerprint density at radius 2 is 2.03 bits per heavy atom. The second kappa shape index (κ2) is 7.75. The Morgan fingerprint density at radius 1 is 1.29 bits per heavy atom. The Bertz CT molecular complexity index is 1470. The number of pyridine rings is 2. The van der Waals surface area contributed by atoms with Crippen LogP contribution < -0.4 is 11.3 Å². The number of aromatic nitrogens is 2. The second-order valence-corrected chi connectivity index (χ2v) is 15.4. The van der Waals surface area contributed by atoms with Gasteiger partial charge in [-0.25, -0.2) is 9.78 Å². The Hall–Kier alpha value is -3.50. The van der Waals surface area contributed by atoms with Crippen LogP contribution in [0.1, 0.15) is 35.8 Å². The molecule has 3 N–H and O–H groups in total. The minimum Gasteiger partial charge on any atom is -0.508 e. The van der Waals surface area contributed by atoms with E-state index in [-0.39, 0.29) is 17.7 Å². The molecule has 0 saturated carbocycles. The molecule has 1 aromatic carbocycles. The SMILES string of the molecule is CCC1(OC(=O)CN)C(=O)OC([Si](C)(C)C)c2c1cc1n(c2=O)Cc2cc3cc(O)ccc3nc2-1. The first kappa shape index (κ1) is 23.2. The van der Waals surface area contributed by atoms with Gasteiger partial charge in [-0.2, -0.15) is 0 Å². The highest BCUT2D eigenvalue weighted by Crippen LogP contribution is 2.46. The highest BCUT2D eigenvalue weighted by atomic mass is 28.3. The minimum atomic E-state index is -2.23. The summed E-state index contributed by atoms with van der Waals surface area (Å²) < 4.78 is 13.1. The molecule has 182 valence electrons. The summed E-state index contributed by atoms with van der Waals surface area (Å²) in [5.74, 6) is -1.32. The highest BCUT2D eigenvalue weighted by molar-refractivity contribution is 6.77. The van der Waals surface area contributed by atoms with Crippen LogP contribution in [0.3, 0.4) is 0 Å². The number of nitrogens with zero attached hydrogens (tertiary/aromatic N) is 2. The average Bonchev–Trinajstić information content (AvgIpc) is 3.16. The number of hydrogen-bond acceptors (Lipinski definition) is 8. The van der Waals surface area contributed by atoms with Gasteiger partial charge in [-0.05, 0) is 36.8 Å². The number of phenols is 1. The van der Waals surface area contributed by atoms with Gasteiger partial charge in [-0.1, -0.05) is 26.6 Å². The van der Waals surface area contributed by atoms with Gasteiger partial charge in [0, 0.05) is 16.5 Å². The van der Waals surface area contributed by atoms with E-state index in [1.807, 2.05) is 25.7 Å². The first-order chi connectivity index (χ1) is 16.5. The number of nitrogens with two attached hydrogens (primary N) is 1. The quantitative estimate of drug-likeness (QED) is 0.327. The summed E-state index contributed by atoms with van der Waals surface area (Å²) >= 11 is 0. The third-order valence-electron chi connectivity index (χ3n) is 6.78. The molecule has 9 nitrogen and oxygen atoms in total. The fourth-order valence-corrected chi connectivity index (χ4v) is 6.65. The van der Waals surface area contributed by atoms with Crippen molar-refractivity contribution in [1.82, 2.24) is 9.55 Å². The zero-order valence-corrected chi connectivity index (χ0v) is 21.0. The third kappa shape index (κ3) is 3.39. The van der Waals surface area contributed by atoms with Crippen molar-refractivity contribution in [3.8, 4) is 17.1 Å². The van der Waals surface area contributed by atoms with Gasteiger partial charge in [0.15, 0.2) is 0 Å². The molecule has 0 radical (unpaired) electrons. The number of carbonyl (C=O) groups excluding carboxylic acids is 2. The number of phenolic OH excluding ortho intramolecular Hbond substituents is 1. The molecule has 0 amide bonds. The molecule has 4 heterocycles. The molecular weight excluding hydrogens is 466 g/mol. The van der Waals surface area contributed by atoms with Crippen molar-refractivity contribution in [2.45, 2.75) is 50.9 Å². The Kier molecular flexibility index (Phi) is 5.15. The van der Waals surface area contributed by atoms with Crippen LogP contribution in [0, 0.1) is 0 Å². The van der Waals surface area contributed by atoms with Gasteiger partial charge >= 0.3 is 11.9 Å². The highest BCUT2D eigenvalue weighted by Gasteiger charge is 2.55. The summed E-state index contributed by atoms with van der Waals surface area (Å²) in [6.45, 7) is 7.66. The van der Waals surface area contributed by atoms with Crippen LogP contribution >= 0.6 is 0 Å². The van der Waals surface area contributed by atoms with Crippen LogP contribution in [0.2, 0.25) is 19.6 Å². The molecule has 2 aromatic heterocycles. The zero-order chi connectivity index (χ0) is 25.3. The molecule has 2 aliphatic rings. The van der Waals surface area contributed by atoms with E-state index in [0.717, 1.165) is 10.9 Å². The van der Waals surface area contributed by atoms with Crippen molar-refractivity contribution in [1.29, 1.82) is 0 Å². The molecule has 0 bridgehead atoms. The van der Waals surface area contributed by atoms with Crippen molar-refractivity contribution in [2.24, 2.45) is 5.73 Å². The fourth-order valence-electron chi connectivity index (χ4n) is 5.04. The maximum atomic E-state index is 14.0. The van der Waals surface area contributed by atoms with Crippen molar-refractivity contribution in [3.05, 3.63) is 57.4 Å². The first-order valence-electron chi connectivity index (χ1n) is 11.5. The summed E-state index contributed by atoms with van der Waals surface area (Å²) in [6, 6.07) is 8.55. The Labute approximate surface area is 202 Å². The van der Waals surface area contributed by atoms with Crippen LogP contribution in [0.25, 0.3) is 22.3 Å². The lowest BCUT2D eigenvalue weighted by molar-refractivity contribution is -0.189. The molecule has 10 heteroatoms. The number of ether oxygens (including phenoxy) is 2. The standard InChI is InChI=1S/C25H27N3O6Si/c1-5-25(34-19(30)11-26)16-10-18-21-14(8-13-9-15(29)6-7-17(13)27-21)12-28(18)22(31)20(16)23(33-24(25)32)35(2,3)4/h6-10,23,29H,5,11-12,26H2,1-4H3. The molecule has 0 fully saturated rings. The molecule has 3 aromatic rings. The van der Waals surface area contributed by atoms with Crippen LogP contribution in [-0.4, -0.2) is 41.2 Å². The van der Waals surface area contributed by atoms with Gasteiger partial charge in [0.25, 0.3) is 5.56 Å². The largest absolute Gasteiger partial charge is 0.508 e. The molecule has 2 atom stereocenters. The third-order valence-corrected chi connectivity index (χ3v) is 8.76. The number of fused-ring (bicyclic) bond motifs is 5. The number of hydrogen-bond donors (Lipinski definition) is 2. The topological polar surface area (TPSA) is 134 Å². The predicted octanol–water partition coefficient (Wildman–Crippen LogP) is 2.71. The van der Waals surface area contributed by atoms with Crippen LogP contribution in [0.5, 0.6) is 5.75 Å². The number of aromatic hydroxyl groups is 1. The summed E-state index contributed by atoms with van der Waals surface area (Å²) in [6.07, 6.45) is 0.0865. The van der Waals surface area contributed by atoms with E-state index >= 15 is 0 Å². The molecule has 2 unspecified atom stereocenters. The maximum absolute atomic E-state index is 14.0. The Morgan fingerprint density at radius 3 is 2.69 bits per heavy atom. The van der Waals surface area contributed by atoms with Gasteiger partial charge < -0.3 is 24.9 Å². The van der Waals surface area contributed by atoms with E-state index < -0.39 is 37.9 Å². The minimum absolute atomic E-state index is 0.0865. The van der Waals surface area contributed by atoms with Crippen molar-refractivity contribution in [2.75, 3.05) is 6.54 Å². The normalized spacial score (nSPS) is 20.7. The summed E-state index contributed by atoms with van der Waals surface area (Å²) in [5, 5.41) is 10.6. The van der Waals surface area contributed by atoms with Crippen LogP contribution in [0.4, 0.5) is 0 Å². The van der Waals surface area contributed by atoms with Crippen molar-refractivity contribution in [3.63, 3.8) is 0 Å². The van der Waals surface area contributed by atoms with Gasteiger partial charge in [0.1, 0.15) is 11.5 Å². The van der Waals surface area contributed by atoms with Gasteiger partial charge in [0.2, 0.25) is 5.60 Å². The number of rotatable bonds is 4. The molecular formula is C25H27N3O6Si. The van der Waals surface area contributed by atoms with E-state index in [9.17, 15) is 19.5 Å². The summed E-state index contributed by atoms with van der Waals surface area (Å²) in [4.78, 5) is 44.5. The molecule has 2 aliphatic heterocycles. The predicted molar refractivity (Wildman–Crippen MR) is 132 cm³/mol. The van der Waals surface area contributed by atoms with Gasteiger partial charge in [-0.15, -0.1) is 0 Å². The number of carbonyl (C=O) groups is 2. The van der Waals surface area contributed by atoms with Gasteiger partial charge in [-0.3, -0.25) is 9.59 Å². The smallest absolute Gasteiger partial charge is 0.355 e.